The number of nitro groups is 1. The first kappa shape index (κ1) is 15.9. The molecule has 0 radical (unpaired) electrons. The van der Waals surface area contributed by atoms with Crippen molar-refractivity contribution in [1.82, 2.24) is 9.97 Å². The van der Waals surface area contributed by atoms with Crippen molar-refractivity contribution in [3.05, 3.63) is 53.0 Å². The molecule has 8 nitrogen and oxygen atoms in total. The molecular formula is C16H17N5O3. The molecule has 124 valence electrons. The number of hydrogen-bond acceptors (Lipinski definition) is 6. The molecule has 24 heavy (non-hydrogen) atoms. The number of pyridine rings is 2. The lowest BCUT2D eigenvalue weighted by molar-refractivity contribution is -0.385. The molecular weight excluding hydrogens is 310 g/mol. The molecule has 0 aliphatic carbocycles. The van der Waals surface area contributed by atoms with Gasteiger partial charge in [0.05, 0.1) is 22.7 Å². The minimum absolute atomic E-state index is 0.0402. The van der Waals surface area contributed by atoms with Crippen molar-refractivity contribution in [2.45, 2.75) is 12.8 Å². The maximum atomic E-state index is 12.4. The lowest BCUT2D eigenvalue weighted by Crippen LogP contribution is -2.41. The summed E-state index contributed by atoms with van der Waals surface area (Å²) in [7, 11) is 0. The van der Waals surface area contributed by atoms with Crippen molar-refractivity contribution >= 4 is 23.1 Å². The van der Waals surface area contributed by atoms with Crippen molar-refractivity contribution < 1.29 is 9.72 Å². The average molecular weight is 327 g/mol. The van der Waals surface area contributed by atoms with Crippen LogP contribution in [-0.2, 0) is 4.79 Å². The van der Waals surface area contributed by atoms with E-state index in [4.69, 9.17) is 0 Å². The van der Waals surface area contributed by atoms with Crippen molar-refractivity contribution in [1.29, 1.82) is 0 Å². The maximum Gasteiger partial charge on any atom is 0.287 e. The fourth-order valence-corrected chi connectivity index (χ4v) is 2.75. The summed E-state index contributed by atoms with van der Waals surface area (Å²) >= 11 is 0. The third-order valence-corrected chi connectivity index (χ3v) is 3.99. The standard InChI is InChI=1S/C16H17N5O3/c22-16(19-13-4-1-7-17-9-13)12-3-2-8-20(11-12)15-6-5-14(10-18-15)21(23)24/h1,4-7,9-10,12H,2-3,8,11H2,(H,19,22). The number of nitrogens with one attached hydrogen (secondary N) is 1. The monoisotopic (exact) mass is 327 g/mol. The van der Waals surface area contributed by atoms with E-state index in [1.165, 1.54) is 12.3 Å². The number of piperidine rings is 1. The molecule has 1 fully saturated rings. The Bertz CT molecular complexity index is 720. The fraction of sp³-hybridized carbons (Fsp3) is 0.312. The van der Waals surface area contributed by atoms with Gasteiger partial charge in [-0.25, -0.2) is 4.98 Å². The normalized spacial score (nSPS) is 17.3. The number of hydrogen-bond donors (Lipinski definition) is 1. The highest BCUT2D eigenvalue weighted by atomic mass is 16.6. The summed E-state index contributed by atoms with van der Waals surface area (Å²) in [6, 6.07) is 6.62. The fourth-order valence-electron chi connectivity index (χ4n) is 2.75. The molecule has 1 N–H and O–H groups in total. The molecule has 3 heterocycles. The zero-order valence-electron chi connectivity index (χ0n) is 13.0. The van der Waals surface area contributed by atoms with Crippen LogP contribution >= 0.6 is 0 Å². The van der Waals surface area contributed by atoms with Gasteiger partial charge in [0.25, 0.3) is 5.69 Å². The van der Waals surface area contributed by atoms with Crippen LogP contribution in [0.4, 0.5) is 17.2 Å². The van der Waals surface area contributed by atoms with Crippen molar-refractivity contribution in [3.8, 4) is 0 Å². The molecule has 3 rings (SSSR count). The number of aromatic nitrogens is 2. The van der Waals surface area contributed by atoms with E-state index < -0.39 is 4.92 Å². The second kappa shape index (κ2) is 7.03. The van der Waals surface area contributed by atoms with E-state index in [0.717, 1.165) is 19.4 Å². The first-order valence-electron chi connectivity index (χ1n) is 7.70. The third kappa shape index (κ3) is 3.65. The van der Waals surface area contributed by atoms with Gasteiger partial charge in [-0.05, 0) is 31.0 Å². The molecule has 0 bridgehead atoms. The Morgan fingerprint density at radius 2 is 2.21 bits per heavy atom. The van der Waals surface area contributed by atoms with E-state index in [2.05, 4.69) is 15.3 Å². The summed E-state index contributed by atoms with van der Waals surface area (Å²) in [4.78, 5) is 32.7. The number of amides is 1. The topological polar surface area (TPSA) is 101 Å². The van der Waals surface area contributed by atoms with Crippen molar-refractivity contribution in [2.75, 3.05) is 23.3 Å². The van der Waals surface area contributed by atoms with E-state index in [1.807, 2.05) is 4.90 Å². The van der Waals surface area contributed by atoms with Crippen molar-refractivity contribution in [2.24, 2.45) is 5.92 Å². The second-order valence-electron chi connectivity index (χ2n) is 5.65. The molecule has 1 aliphatic heterocycles. The van der Waals surface area contributed by atoms with E-state index in [-0.39, 0.29) is 17.5 Å². The first-order valence-corrected chi connectivity index (χ1v) is 7.70. The summed E-state index contributed by atoms with van der Waals surface area (Å²) in [5.41, 5.74) is 0.634. The Labute approximate surface area is 138 Å². The highest BCUT2D eigenvalue weighted by molar-refractivity contribution is 5.92. The number of carbonyl (C=O) groups excluding carboxylic acids is 1. The predicted molar refractivity (Wildman–Crippen MR) is 88.7 cm³/mol. The first-order chi connectivity index (χ1) is 11.6. The van der Waals surface area contributed by atoms with Crippen LogP contribution < -0.4 is 10.2 Å². The van der Waals surface area contributed by atoms with E-state index in [0.29, 0.717) is 18.1 Å². The largest absolute Gasteiger partial charge is 0.356 e. The van der Waals surface area contributed by atoms with Gasteiger partial charge in [0.15, 0.2) is 0 Å². The molecule has 0 spiro atoms. The number of rotatable bonds is 4. The molecule has 1 amide bonds. The molecule has 0 aromatic carbocycles. The summed E-state index contributed by atoms with van der Waals surface area (Å²) in [5, 5.41) is 13.6. The van der Waals surface area contributed by atoms with Gasteiger partial charge in [-0.1, -0.05) is 0 Å². The van der Waals surface area contributed by atoms with Crippen LogP contribution in [0.1, 0.15) is 12.8 Å². The van der Waals surface area contributed by atoms with Gasteiger partial charge in [0.2, 0.25) is 5.91 Å². The summed E-state index contributed by atoms with van der Waals surface area (Å²) < 4.78 is 0. The van der Waals surface area contributed by atoms with Crippen LogP contribution in [0.3, 0.4) is 0 Å². The van der Waals surface area contributed by atoms with Crippen LogP contribution in [0.2, 0.25) is 0 Å². The quantitative estimate of drug-likeness (QED) is 0.682. The molecule has 1 saturated heterocycles. The summed E-state index contributed by atoms with van der Waals surface area (Å²) in [6.07, 6.45) is 6.17. The van der Waals surface area contributed by atoms with Crippen LogP contribution in [0.25, 0.3) is 0 Å². The Kier molecular flexibility index (Phi) is 4.64. The molecule has 1 unspecified atom stereocenters. The Morgan fingerprint density at radius 1 is 1.33 bits per heavy atom. The van der Waals surface area contributed by atoms with Gasteiger partial charge in [0, 0.05) is 25.4 Å². The van der Waals surface area contributed by atoms with Crippen molar-refractivity contribution in [3.63, 3.8) is 0 Å². The van der Waals surface area contributed by atoms with E-state index in [1.54, 1.807) is 30.6 Å². The molecule has 2 aromatic rings. The highest BCUT2D eigenvalue weighted by Gasteiger charge is 2.26. The minimum Gasteiger partial charge on any atom is -0.356 e. The molecule has 1 aliphatic rings. The molecule has 8 heteroatoms. The van der Waals surface area contributed by atoms with Gasteiger partial charge < -0.3 is 10.2 Å². The predicted octanol–water partition coefficient (Wildman–Crippen LogP) is 2.24. The Morgan fingerprint density at radius 3 is 2.88 bits per heavy atom. The van der Waals surface area contributed by atoms with Gasteiger partial charge in [-0.3, -0.25) is 19.9 Å². The Balaban J connectivity index is 1.65. The maximum absolute atomic E-state index is 12.4. The minimum atomic E-state index is -0.475. The summed E-state index contributed by atoms with van der Waals surface area (Å²) in [6.45, 7) is 1.32. The average Bonchev–Trinajstić information content (AvgIpc) is 2.63. The number of carbonyl (C=O) groups is 1. The van der Waals surface area contributed by atoms with Crippen LogP contribution in [0, 0.1) is 16.0 Å². The van der Waals surface area contributed by atoms with Crippen LogP contribution in [-0.4, -0.2) is 33.9 Å². The zero-order chi connectivity index (χ0) is 16.9. The van der Waals surface area contributed by atoms with Gasteiger partial charge in [0.1, 0.15) is 12.0 Å². The Hall–Kier alpha value is -3.03. The molecule has 1 atom stereocenters. The molecule has 2 aromatic heterocycles. The third-order valence-electron chi connectivity index (χ3n) is 3.99. The van der Waals surface area contributed by atoms with Crippen LogP contribution in [0.5, 0.6) is 0 Å². The lowest BCUT2D eigenvalue weighted by atomic mass is 9.97. The SMILES string of the molecule is O=C(Nc1cccnc1)C1CCCN(c2ccc([N+](=O)[O-])cn2)C1. The lowest BCUT2D eigenvalue weighted by Gasteiger charge is -2.32. The number of nitrogens with zero attached hydrogens (tertiary/aromatic N) is 4. The van der Waals surface area contributed by atoms with E-state index in [9.17, 15) is 14.9 Å². The second-order valence-corrected chi connectivity index (χ2v) is 5.65. The highest BCUT2D eigenvalue weighted by Crippen LogP contribution is 2.24. The summed E-state index contributed by atoms with van der Waals surface area (Å²) in [5.74, 6) is 0.449. The van der Waals surface area contributed by atoms with E-state index >= 15 is 0 Å². The van der Waals surface area contributed by atoms with Gasteiger partial charge >= 0.3 is 0 Å². The zero-order valence-corrected chi connectivity index (χ0v) is 13.0. The smallest absolute Gasteiger partial charge is 0.287 e. The number of anilines is 2. The molecule has 0 saturated carbocycles. The van der Waals surface area contributed by atoms with Crippen LogP contribution in [0.15, 0.2) is 42.9 Å². The van der Waals surface area contributed by atoms with Gasteiger partial charge in [-0.2, -0.15) is 0 Å². The van der Waals surface area contributed by atoms with Gasteiger partial charge in [-0.15, -0.1) is 0 Å².